The molecule has 3 heteroatoms. The molecule has 0 bridgehead atoms. The fraction of sp³-hybridized carbons (Fsp3) is 0.118. The highest BCUT2D eigenvalue weighted by molar-refractivity contribution is 5.91. The molecule has 0 N–H and O–H groups in total. The topological polar surface area (TPSA) is 29.5 Å². The van der Waals surface area contributed by atoms with Crippen LogP contribution in [0.3, 0.4) is 0 Å². The Morgan fingerprint density at radius 1 is 1.05 bits per heavy atom. The SMILES string of the molecule is CCOC(=O)N(C#Cc1ccccc1)c1ccccc1. The predicted octanol–water partition coefficient (Wildman–Crippen LogP) is 3.66. The van der Waals surface area contributed by atoms with Gasteiger partial charge < -0.3 is 4.74 Å². The van der Waals surface area contributed by atoms with Gasteiger partial charge in [0.1, 0.15) is 0 Å². The van der Waals surface area contributed by atoms with Gasteiger partial charge in [-0.25, -0.2) is 9.69 Å². The lowest BCUT2D eigenvalue weighted by atomic mass is 10.2. The smallest absolute Gasteiger partial charge is 0.426 e. The fourth-order valence-corrected chi connectivity index (χ4v) is 1.62. The lowest BCUT2D eigenvalue weighted by Crippen LogP contribution is -2.26. The second-order valence-electron chi connectivity index (χ2n) is 3.97. The normalized spacial score (nSPS) is 9.25. The van der Waals surface area contributed by atoms with Gasteiger partial charge in [-0.2, -0.15) is 0 Å². The number of carbonyl (C=O) groups is 1. The number of ether oxygens (including phenoxy) is 1. The second-order valence-corrected chi connectivity index (χ2v) is 3.97. The molecule has 0 unspecified atom stereocenters. The quantitative estimate of drug-likeness (QED) is 0.612. The Balaban J connectivity index is 2.29. The van der Waals surface area contributed by atoms with Crippen LogP contribution in [0.4, 0.5) is 10.5 Å². The summed E-state index contributed by atoms with van der Waals surface area (Å²) in [6.45, 7) is 2.08. The van der Waals surface area contributed by atoms with Crippen molar-refractivity contribution in [3.05, 3.63) is 66.2 Å². The molecular formula is C17H15NO2. The van der Waals surface area contributed by atoms with E-state index in [0.717, 1.165) is 5.56 Å². The van der Waals surface area contributed by atoms with Crippen LogP contribution >= 0.6 is 0 Å². The molecule has 2 rings (SSSR count). The molecule has 0 aliphatic heterocycles. The van der Waals surface area contributed by atoms with E-state index in [9.17, 15) is 4.79 Å². The van der Waals surface area contributed by atoms with E-state index in [1.54, 1.807) is 6.92 Å². The van der Waals surface area contributed by atoms with Crippen molar-refractivity contribution >= 4 is 11.8 Å². The Morgan fingerprint density at radius 3 is 2.25 bits per heavy atom. The van der Waals surface area contributed by atoms with Gasteiger partial charge in [0.25, 0.3) is 0 Å². The molecule has 0 saturated carbocycles. The minimum Gasteiger partial charge on any atom is -0.449 e. The van der Waals surface area contributed by atoms with Crippen LogP contribution in [0.25, 0.3) is 0 Å². The lowest BCUT2D eigenvalue weighted by molar-refractivity contribution is 0.163. The zero-order chi connectivity index (χ0) is 14.2. The van der Waals surface area contributed by atoms with E-state index >= 15 is 0 Å². The van der Waals surface area contributed by atoms with Crippen LogP contribution in [0.2, 0.25) is 0 Å². The van der Waals surface area contributed by atoms with E-state index in [0.29, 0.717) is 12.3 Å². The molecule has 0 atom stereocenters. The van der Waals surface area contributed by atoms with E-state index in [-0.39, 0.29) is 0 Å². The number of carbonyl (C=O) groups excluding carboxylic acids is 1. The van der Waals surface area contributed by atoms with Crippen LogP contribution in [0.15, 0.2) is 60.7 Å². The van der Waals surface area contributed by atoms with Crippen molar-refractivity contribution < 1.29 is 9.53 Å². The van der Waals surface area contributed by atoms with Crippen molar-refractivity contribution in [1.29, 1.82) is 0 Å². The number of hydrogen-bond donors (Lipinski definition) is 0. The van der Waals surface area contributed by atoms with Gasteiger partial charge in [0, 0.05) is 11.6 Å². The predicted molar refractivity (Wildman–Crippen MR) is 79.3 cm³/mol. The molecule has 0 aliphatic rings. The third-order valence-electron chi connectivity index (χ3n) is 2.55. The van der Waals surface area contributed by atoms with Crippen molar-refractivity contribution in [2.24, 2.45) is 0 Å². The largest absolute Gasteiger partial charge is 0.449 e. The highest BCUT2D eigenvalue weighted by Gasteiger charge is 2.14. The van der Waals surface area contributed by atoms with Crippen LogP contribution in [0, 0.1) is 12.0 Å². The zero-order valence-corrected chi connectivity index (χ0v) is 11.2. The summed E-state index contributed by atoms with van der Waals surface area (Å²) >= 11 is 0. The van der Waals surface area contributed by atoms with E-state index < -0.39 is 6.09 Å². The van der Waals surface area contributed by atoms with Gasteiger partial charge in [0.2, 0.25) is 0 Å². The first-order chi connectivity index (χ1) is 9.81. The molecule has 100 valence electrons. The van der Waals surface area contributed by atoms with Gasteiger partial charge in [-0.05, 0) is 37.1 Å². The van der Waals surface area contributed by atoms with Crippen LogP contribution in [0.1, 0.15) is 12.5 Å². The van der Waals surface area contributed by atoms with Crippen molar-refractivity contribution in [3.8, 4) is 12.0 Å². The lowest BCUT2D eigenvalue weighted by Gasteiger charge is -2.14. The molecule has 0 saturated heterocycles. The van der Waals surface area contributed by atoms with E-state index in [2.05, 4.69) is 12.0 Å². The molecule has 0 aromatic heterocycles. The second kappa shape index (κ2) is 7.01. The third-order valence-corrected chi connectivity index (χ3v) is 2.55. The zero-order valence-electron chi connectivity index (χ0n) is 11.2. The molecule has 0 radical (unpaired) electrons. The van der Waals surface area contributed by atoms with Crippen LogP contribution in [-0.4, -0.2) is 12.7 Å². The molecule has 0 heterocycles. The third kappa shape index (κ3) is 3.63. The summed E-state index contributed by atoms with van der Waals surface area (Å²) in [5, 5.41) is 0. The van der Waals surface area contributed by atoms with E-state index in [1.165, 1.54) is 4.90 Å². The Morgan fingerprint density at radius 2 is 1.65 bits per heavy atom. The molecule has 0 spiro atoms. The number of anilines is 1. The maximum atomic E-state index is 12.0. The van der Waals surface area contributed by atoms with Crippen LogP contribution in [-0.2, 0) is 4.74 Å². The average molecular weight is 265 g/mol. The Hall–Kier alpha value is -2.73. The first-order valence-corrected chi connectivity index (χ1v) is 6.40. The summed E-state index contributed by atoms with van der Waals surface area (Å²) in [5.41, 5.74) is 1.53. The van der Waals surface area contributed by atoms with Crippen molar-refractivity contribution in [3.63, 3.8) is 0 Å². The van der Waals surface area contributed by atoms with E-state index in [4.69, 9.17) is 4.74 Å². The minimum absolute atomic E-state index is 0.315. The molecule has 2 aromatic rings. The number of para-hydroxylation sites is 1. The molecule has 0 fully saturated rings. The Kier molecular flexibility index (Phi) is 4.80. The molecular weight excluding hydrogens is 250 g/mol. The van der Waals surface area contributed by atoms with Crippen molar-refractivity contribution in [2.45, 2.75) is 6.92 Å². The summed E-state index contributed by atoms with van der Waals surface area (Å²) in [7, 11) is 0. The van der Waals surface area contributed by atoms with Crippen molar-refractivity contribution in [2.75, 3.05) is 11.5 Å². The van der Waals surface area contributed by atoms with Gasteiger partial charge in [-0.1, -0.05) is 36.4 Å². The van der Waals surface area contributed by atoms with E-state index in [1.807, 2.05) is 60.7 Å². The number of amides is 1. The first kappa shape index (κ1) is 13.7. The van der Waals surface area contributed by atoms with Crippen LogP contribution < -0.4 is 4.90 Å². The number of benzene rings is 2. The highest BCUT2D eigenvalue weighted by atomic mass is 16.6. The Bertz CT molecular complexity index is 612. The molecule has 3 nitrogen and oxygen atoms in total. The summed E-state index contributed by atoms with van der Waals surface area (Å²) in [4.78, 5) is 13.3. The van der Waals surface area contributed by atoms with Crippen molar-refractivity contribution in [1.82, 2.24) is 0 Å². The first-order valence-electron chi connectivity index (χ1n) is 6.40. The number of hydrogen-bond acceptors (Lipinski definition) is 2. The van der Waals surface area contributed by atoms with Gasteiger partial charge in [0.15, 0.2) is 0 Å². The van der Waals surface area contributed by atoms with Gasteiger partial charge >= 0.3 is 6.09 Å². The van der Waals surface area contributed by atoms with Crippen LogP contribution in [0.5, 0.6) is 0 Å². The highest BCUT2D eigenvalue weighted by Crippen LogP contribution is 2.13. The molecule has 2 aromatic carbocycles. The summed E-state index contributed by atoms with van der Waals surface area (Å²) < 4.78 is 5.03. The van der Waals surface area contributed by atoms with Gasteiger partial charge in [-0.3, -0.25) is 0 Å². The maximum Gasteiger partial charge on any atom is 0.426 e. The summed E-state index contributed by atoms with van der Waals surface area (Å²) in [5.74, 6) is 2.96. The monoisotopic (exact) mass is 265 g/mol. The average Bonchev–Trinajstić information content (AvgIpc) is 2.50. The summed E-state index contributed by atoms with van der Waals surface area (Å²) in [6, 6.07) is 21.6. The fourth-order valence-electron chi connectivity index (χ4n) is 1.62. The molecule has 1 amide bonds. The van der Waals surface area contributed by atoms with Gasteiger partial charge in [-0.15, -0.1) is 0 Å². The number of rotatable bonds is 2. The Labute approximate surface area is 118 Å². The molecule has 0 aliphatic carbocycles. The maximum absolute atomic E-state index is 12.0. The standard InChI is InChI=1S/C17H15NO2/c1-2-20-17(19)18(16-11-7-4-8-12-16)14-13-15-9-5-3-6-10-15/h3-12H,2H2,1H3. The minimum atomic E-state index is -0.470. The molecule has 20 heavy (non-hydrogen) atoms. The summed E-state index contributed by atoms with van der Waals surface area (Å²) in [6.07, 6.45) is -0.470. The number of nitrogens with zero attached hydrogens (tertiary/aromatic N) is 1. The van der Waals surface area contributed by atoms with Gasteiger partial charge in [0.05, 0.1) is 12.3 Å².